The molecule has 1 fully saturated rings. The van der Waals surface area contributed by atoms with Gasteiger partial charge in [-0.25, -0.2) is 0 Å². The van der Waals surface area contributed by atoms with Crippen molar-refractivity contribution in [1.29, 1.82) is 0 Å². The highest BCUT2D eigenvalue weighted by Crippen LogP contribution is 2.19. The summed E-state index contributed by atoms with van der Waals surface area (Å²) in [6.07, 6.45) is 0. The van der Waals surface area contributed by atoms with Crippen molar-refractivity contribution in [1.82, 2.24) is 10.2 Å². The standard InChI is InChI=1S/C23H30N4O3/c1-18(19-6-4-3-5-7-19)24-22(28)16-26(2)17-23(29)25-20-8-10-21(11-9-20)27-12-14-30-15-13-27/h3-11,18H,12-17H2,1-2H3,(H,24,28)(H,25,29). The van der Waals surface area contributed by atoms with Gasteiger partial charge in [0.2, 0.25) is 11.8 Å². The maximum absolute atomic E-state index is 12.3. The molecule has 0 spiro atoms. The number of morpholine rings is 1. The van der Waals surface area contributed by atoms with Gasteiger partial charge in [0.15, 0.2) is 0 Å². The van der Waals surface area contributed by atoms with Gasteiger partial charge >= 0.3 is 0 Å². The molecule has 0 aliphatic carbocycles. The monoisotopic (exact) mass is 410 g/mol. The van der Waals surface area contributed by atoms with E-state index in [2.05, 4.69) is 15.5 Å². The fourth-order valence-corrected chi connectivity index (χ4v) is 3.44. The third kappa shape index (κ3) is 6.57. The Morgan fingerprint density at radius 3 is 2.30 bits per heavy atom. The molecular weight excluding hydrogens is 380 g/mol. The van der Waals surface area contributed by atoms with Crippen molar-refractivity contribution in [3.8, 4) is 0 Å². The van der Waals surface area contributed by atoms with Gasteiger partial charge in [0.25, 0.3) is 0 Å². The quantitative estimate of drug-likeness (QED) is 0.698. The van der Waals surface area contributed by atoms with Crippen LogP contribution < -0.4 is 15.5 Å². The summed E-state index contributed by atoms with van der Waals surface area (Å²) >= 11 is 0. The average Bonchev–Trinajstić information content (AvgIpc) is 2.75. The smallest absolute Gasteiger partial charge is 0.238 e. The van der Waals surface area contributed by atoms with Gasteiger partial charge in [-0.15, -0.1) is 0 Å². The minimum Gasteiger partial charge on any atom is -0.378 e. The Bertz CT molecular complexity index is 820. The van der Waals surface area contributed by atoms with E-state index in [0.29, 0.717) is 0 Å². The first-order valence-corrected chi connectivity index (χ1v) is 10.3. The van der Waals surface area contributed by atoms with Gasteiger partial charge < -0.3 is 20.3 Å². The molecule has 0 saturated carbocycles. The summed E-state index contributed by atoms with van der Waals surface area (Å²) in [7, 11) is 1.76. The molecule has 3 rings (SSSR count). The van der Waals surface area contributed by atoms with Crippen LogP contribution in [0.15, 0.2) is 54.6 Å². The second-order valence-corrected chi connectivity index (χ2v) is 7.57. The number of likely N-dealkylation sites (N-methyl/N-ethyl adjacent to an activating group) is 1. The Morgan fingerprint density at radius 2 is 1.63 bits per heavy atom. The van der Waals surface area contributed by atoms with E-state index < -0.39 is 0 Å². The van der Waals surface area contributed by atoms with Gasteiger partial charge in [-0.05, 0) is 43.8 Å². The summed E-state index contributed by atoms with van der Waals surface area (Å²) in [6, 6.07) is 17.5. The van der Waals surface area contributed by atoms with Crippen LogP contribution in [0, 0.1) is 0 Å². The normalized spacial score (nSPS) is 15.0. The lowest BCUT2D eigenvalue weighted by atomic mass is 10.1. The summed E-state index contributed by atoms with van der Waals surface area (Å²) in [6.45, 7) is 5.47. The molecule has 1 atom stereocenters. The topological polar surface area (TPSA) is 73.9 Å². The molecule has 1 saturated heterocycles. The molecule has 1 aliphatic heterocycles. The Kier molecular flexibility index (Phi) is 7.82. The van der Waals surface area contributed by atoms with Crippen molar-refractivity contribution in [3.63, 3.8) is 0 Å². The Hall–Kier alpha value is -2.90. The largest absolute Gasteiger partial charge is 0.378 e. The van der Waals surface area contributed by atoms with Crippen molar-refractivity contribution in [3.05, 3.63) is 60.2 Å². The van der Waals surface area contributed by atoms with Crippen LogP contribution in [-0.2, 0) is 14.3 Å². The summed E-state index contributed by atoms with van der Waals surface area (Å²) in [4.78, 5) is 28.6. The third-order valence-corrected chi connectivity index (χ3v) is 5.03. The molecule has 0 bridgehead atoms. The van der Waals surface area contributed by atoms with Crippen LogP contribution in [0.2, 0.25) is 0 Å². The molecule has 1 unspecified atom stereocenters. The molecule has 2 aromatic rings. The Balaban J connectivity index is 1.42. The van der Waals surface area contributed by atoms with Crippen LogP contribution in [0.1, 0.15) is 18.5 Å². The highest BCUT2D eigenvalue weighted by molar-refractivity contribution is 5.92. The number of nitrogens with zero attached hydrogens (tertiary/aromatic N) is 2. The maximum Gasteiger partial charge on any atom is 0.238 e. The number of hydrogen-bond donors (Lipinski definition) is 2. The molecule has 2 N–H and O–H groups in total. The van der Waals surface area contributed by atoms with E-state index in [1.54, 1.807) is 11.9 Å². The maximum atomic E-state index is 12.3. The van der Waals surface area contributed by atoms with E-state index in [-0.39, 0.29) is 30.9 Å². The predicted molar refractivity (Wildman–Crippen MR) is 119 cm³/mol. The van der Waals surface area contributed by atoms with Gasteiger partial charge in [0.05, 0.1) is 32.3 Å². The SMILES string of the molecule is CC(NC(=O)CN(C)CC(=O)Nc1ccc(N2CCOCC2)cc1)c1ccccc1. The van der Waals surface area contributed by atoms with E-state index in [0.717, 1.165) is 43.2 Å². The molecule has 160 valence electrons. The van der Waals surface area contributed by atoms with E-state index in [9.17, 15) is 9.59 Å². The van der Waals surface area contributed by atoms with E-state index >= 15 is 0 Å². The van der Waals surface area contributed by atoms with Gasteiger partial charge in [-0.3, -0.25) is 14.5 Å². The summed E-state index contributed by atoms with van der Waals surface area (Å²) in [5.74, 6) is -0.267. The van der Waals surface area contributed by atoms with Crippen molar-refractivity contribution in [2.75, 3.05) is 56.7 Å². The second-order valence-electron chi connectivity index (χ2n) is 7.57. The molecule has 1 heterocycles. The first kappa shape index (κ1) is 21.8. The van der Waals surface area contributed by atoms with Crippen molar-refractivity contribution in [2.45, 2.75) is 13.0 Å². The number of hydrogen-bond acceptors (Lipinski definition) is 5. The number of anilines is 2. The molecule has 2 amide bonds. The molecule has 7 heteroatoms. The molecule has 1 aliphatic rings. The summed E-state index contributed by atoms with van der Waals surface area (Å²) in [5, 5.41) is 5.85. The van der Waals surface area contributed by atoms with Crippen LogP contribution in [0.25, 0.3) is 0 Å². The number of ether oxygens (including phenoxy) is 1. The Morgan fingerprint density at radius 1 is 1.00 bits per heavy atom. The Labute approximate surface area is 178 Å². The van der Waals surface area contributed by atoms with Crippen molar-refractivity contribution in [2.24, 2.45) is 0 Å². The lowest BCUT2D eigenvalue weighted by Crippen LogP contribution is -2.39. The molecule has 7 nitrogen and oxygen atoms in total. The van der Waals surface area contributed by atoms with Crippen LogP contribution in [-0.4, -0.2) is 63.2 Å². The minimum atomic E-state index is -0.152. The van der Waals surface area contributed by atoms with Gasteiger partial charge in [0.1, 0.15) is 0 Å². The number of amides is 2. The average molecular weight is 411 g/mol. The zero-order valence-corrected chi connectivity index (χ0v) is 17.6. The lowest BCUT2D eigenvalue weighted by Gasteiger charge is -2.28. The molecular formula is C23H30N4O3. The number of rotatable bonds is 8. The van der Waals surface area contributed by atoms with Crippen molar-refractivity contribution >= 4 is 23.2 Å². The fourth-order valence-electron chi connectivity index (χ4n) is 3.44. The van der Waals surface area contributed by atoms with Crippen LogP contribution >= 0.6 is 0 Å². The van der Waals surface area contributed by atoms with E-state index in [1.807, 2.05) is 61.5 Å². The van der Waals surface area contributed by atoms with Gasteiger partial charge in [0, 0.05) is 24.5 Å². The molecule has 0 aromatic heterocycles. The fraction of sp³-hybridized carbons (Fsp3) is 0.391. The zero-order chi connectivity index (χ0) is 21.3. The van der Waals surface area contributed by atoms with Crippen molar-refractivity contribution < 1.29 is 14.3 Å². The highest BCUT2D eigenvalue weighted by atomic mass is 16.5. The first-order valence-electron chi connectivity index (χ1n) is 10.3. The number of carbonyl (C=O) groups is 2. The van der Waals surface area contributed by atoms with E-state index in [1.165, 1.54) is 0 Å². The minimum absolute atomic E-state index is 0.0779. The third-order valence-electron chi connectivity index (χ3n) is 5.03. The number of nitrogens with one attached hydrogen (secondary N) is 2. The molecule has 2 aromatic carbocycles. The number of carbonyl (C=O) groups excluding carboxylic acids is 2. The molecule has 0 radical (unpaired) electrons. The molecule has 30 heavy (non-hydrogen) atoms. The van der Waals surface area contributed by atoms with E-state index in [4.69, 9.17) is 4.74 Å². The first-order chi connectivity index (χ1) is 14.5. The number of benzene rings is 2. The summed E-state index contributed by atoms with van der Waals surface area (Å²) < 4.78 is 5.37. The van der Waals surface area contributed by atoms with Gasteiger partial charge in [-0.2, -0.15) is 0 Å². The van der Waals surface area contributed by atoms with Crippen LogP contribution in [0.3, 0.4) is 0 Å². The summed E-state index contributed by atoms with van der Waals surface area (Å²) in [5.41, 5.74) is 2.91. The lowest BCUT2D eigenvalue weighted by molar-refractivity contribution is -0.123. The second kappa shape index (κ2) is 10.8. The van der Waals surface area contributed by atoms with Gasteiger partial charge in [-0.1, -0.05) is 30.3 Å². The van der Waals surface area contributed by atoms with Crippen LogP contribution in [0.4, 0.5) is 11.4 Å². The zero-order valence-electron chi connectivity index (χ0n) is 17.6. The highest BCUT2D eigenvalue weighted by Gasteiger charge is 2.14. The predicted octanol–water partition coefficient (Wildman–Crippen LogP) is 2.27. The van der Waals surface area contributed by atoms with Crippen LogP contribution in [0.5, 0.6) is 0 Å².